The molecule has 11 rings (SSSR count). The number of nitrogens with one attached hydrogen (secondary N) is 1. The van der Waals surface area contributed by atoms with Gasteiger partial charge in [-0.25, -0.2) is 9.37 Å². The summed E-state index contributed by atoms with van der Waals surface area (Å²) in [7, 11) is 0. The molecule has 3 N–H and O–H groups in total. The molecule has 4 fully saturated rings. The summed E-state index contributed by atoms with van der Waals surface area (Å²) in [6.45, 7) is 16.2. The van der Waals surface area contributed by atoms with Gasteiger partial charge in [-0.15, -0.1) is 11.3 Å². The number of likely N-dealkylation sites (tertiary alicyclic amines) is 2. The molecule has 7 aromatic rings. The van der Waals surface area contributed by atoms with Gasteiger partial charge in [-0.3, -0.25) is 19.3 Å². The van der Waals surface area contributed by atoms with E-state index < -0.39 is 29.9 Å². The van der Waals surface area contributed by atoms with Crippen LogP contribution in [0.1, 0.15) is 75.4 Å². The molecule has 4 saturated heterocycles. The summed E-state index contributed by atoms with van der Waals surface area (Å²) >= 11 is 8.56. The van der Waals surface area contributed by atoms with Crippen molar-refractivity contribution in [3.8, 4) is 39.4 Å². The van der Waals surface area contributed by atoms with Crippen LogP contribution >= 0.6 is 22.9 Å². The third kappa shape index (κ3) is 11.1. The maximum Gasteiger partial charge on any atom is 0.319 e. The van der Waals surface area contributed by atoms with Gasteiger partial charge in [-0.1, -0.05) is 85.7 Å². The van der Waals surface area contributed by atoms with E-state index in [1.807, 2.05) is 92.7 Å². The van der Waals surface area contributed by atoms with Crippen molar-refractivity contribution in [2.24, 2.45) is 11.3 Å². The zero-order valence-electron chi connectivity index (χ0n) is 46.2. The number of piperazine rings is 1. The minimum absolute atomic E-state index is 0.0278. The molecule has 4 aromatic carbocycles. The Bertz CT molecular complexity index is 3610. The number of amides is 3. The molecule has 3 aromatic heterocycles. The molecule has 5 atom stereocenters. The third-order valence-corrected chi connectivity index (χ3v) is 18.1. The lowest BCUT2D eigenvalue weighted by Crippen LogP contribution is -2.60. The first-order valence-electron chi connectivity index (χ1n) is 27.8. The number of fused-ring (bicyclic) bond motifs is 2. The topological polar surface area (TPSA) is 218 Å². The molecule has 0 aliphatic carbocycles. The van der Waals surface area contributed by atoms with Gasteiger partial charge in [0.15, 0.2) is 17.4 Å². The van der Waals surface area contributed by atoms with Gasteiger partial charge < -0.3 is 44.4 Å². The molecule has 0 saturated carbocycles. The van der Waals surface area contributed by atoms with Crippen LogP contribution in [-0.2, 0) is 14.4 Å². The highest BCUT2D eigenvalue weighted by atomic mass is 35.5. The Morgan fingerprint density at radius 1 is 1.00 bits per heavy atom. The van der Waals surface area contributed by atoms with Crippen LogP contribution in [-0.4, -0.2) is 146 Å². The maximum absolute atomic E-state index is 17.3. The number of aryl methyl sites for hydroxylation is 1. The summed E-state index contributed by atoms with van der Waals surface area (Å²) in [5.74, 6) is -1.15. The number of rotatable bonds is 16. The predicted molar refractivity (Wildman–Crippen MR) is 312 cm³/mol. The molecule has 0 unspecified atom stereocenters. The second-order valence-corrected chi connectivity index (χ2v) is 23.8. The van der Waals surface area contributed by atoms with Crippen LogP contribution in [0.3, 0.4) is 0 Å². The zero-order valence-corrected chi connectivity index (χ0v) is 47.8. The summed E-state index contributed by atoms with van der Waals surface area (Å²) in [4.78, 5) is 65.6. The first kappa shape index (κ1) is 56.2. The van der Waals surface area contributed by atoms with E-state index in [-0.39, 0.29) is 102 Å². The van der Waals surface area contributed by atoms with Crippen molar-refractivity contribution in [1.82, 2.24) is 40.1 Å². The molecule has 4 aliphatic rings. The van der Waals surface area contributed by atoms with E-state index in [1.54, 1.807) is 28.4 Å². The number of piperidine rings is 1. The summed E-state index contributed by atoms with van der Waals surface area (Å²) in [5.41, 5.74) is 5.26. The highest BCUT2D eigenvalue weighted by Gasteiger charge is 2.47. The normalized spacial score (nSPS) is 19.8. The Balaban J connectivity index is 0.729. The van der Waals surface area contributed by atoms with Crippen LogP contribution in [0.15, 0.2) is 95.5 Å². The van der Waals surface area contributed by atoms with Crippen LogP contribution in [0.4, 0.5) is 16.0 Å². The molecular weight excluding hydrogens is 1090 g/mol. The van der Waals surface area contributed by atoms with Gasteiger partial charge in [-0.2, -0.15) is 15.2 Å². The number of anilines is 2. The number of nitriles is 1. The summed E-state index contributed by atoms with van der Waals surface area (Å²) in [5, 5.41) is 40.6. The minimum atomic E-state index is -0.850. The van der Waals surface area contributed by atoms with Gasteiger partial charge in [-0.05, 0) is 97.4 Å². The second-order valence-electron chi connectivity index (χ2n) is 22.6. The summed E-state index contributed by atoms with van der Waals surface area (Å²) in [6, 6.07) is 22.4. The van der Waals surface area contributed by atoms with Crippen LogP contribution < -0.4 is 19.9 Å². The number of phenols is 1. The first-order chi connectivity index (χ1) is 39.5. The second kappa shape index (κ2) is 23.3. The average molecular weight is 1150 g/mol. The molecule has 7 heterocycles. The van der Waals surface area contributed by atoms with E-state index in [0.717, 1.165) is 60.7 Å². The number of hydrogen-bond acceptors (Lipinski definition) is 16. The molecule has 1 spiro atoms. The molecule has 18 nitrogen and oxygen atoms in total. The van der Waals surface area contributed by atoms with E-state index in [1.165, 1.54) is 17.0 Å². The molecule has 21 heteroatoms. The molecule has 3 amide bonds. The number of ether oxygens (including phenoxy) is 1. The standard InChI is InChI=1S/C61H65ClFN11O7S/c1-6-51(77)73-22-21-71(30-41(73)15-18-64)57-46-28-47(62)53(45-26-42(75)25-40-9-7-8-10-44(40)45)54(63)55(46)67-60(68-57)80-24-23-70-19-16-61(17-20-70)32-72(33-61)50-29-49(81-69-50)52(35(2)3)59(79)74-31-43(76)27-48(74)58(78)66-36(4)38-11-13-39(14-12-38)56-37(5)65-34-82-56/h6-14,25-26,28-29,34-36,41,43,48,52,75-76H,1,15-17,19-24,27,30-33H2,2-5H3,(H,66,78)/t36-,41-,43+,48-,52-/m0/s1. The van der Waals surface area contributed by atoms with Gasteiger partial charge in [0, 0.05) is 74.7 Å². The van der Waals surface area contributed by atoms with Crippen molar-refractivity contribution in [2.45, 2.75) is 83.5 Å². The van der Waals surface area contributed by atoms with E-state index in [0.29, 0.717) is 52.2 Å². The molecule has 4 aliphatic heterocycles. The molecule has 0 radical (unpaired) electrons. The molecule has 426 valence electrons. The Kier molecular flexibility index (Phi) is 15.9. The van der Waals surface area contributed by atoms with E-state index in [4.69, 9.17) is 25.8 Å². The lowest BCUT2D eigenvalue weighted by atomic mass is 9.72. The molecule has 0 bridgehead atoms. The van der Waals surface area contributed by atoms with Gasteiger partial charge in [0.2, 0.25) is 17.7 Å². The van der Waals surface area contributed by atoms with Gasteiger partial charge >= 0.3 is 6.01 Å². The van der Waals surface area contributed by atoms with Crippen LogP contribution in [0, 0.1) is 35.4 Å². The zero-order chi connectivity index (χ0) is 57.6. The summed E-state index contributed by atoms with van der Waals surface area (Å²) < 4.78 is 29.5. The number of thiazole rings is 1. The van der Waals surface area contributed by atoms with Crippen molar-refractivity contribution >= 4 is 74.0 Å². The van der Waals surface area contributed by atoms with Crippen molar-refractivity contribution < 1.29 is 38.2 Å². The Labute approximate surface area is 483 Å². The van der Waals surface area contributed by atoms with E-state index in [9.17, 15) is 29.9 Å². The van der Waals surface area contributed by atoms with Gasteiger partial charge in [0.1, 0.15) is 35.7 Å². The number of carbonyl (C=O) groups is 3. The van der Waals surface area contributed by atoms with Gasteiger partial charge in [0.05, 0.1) is 51.8 Å². The largest absolute Gasteiger partial charge is 0.508 e. The van der Waals surface area contributed by atoms with Crippen molar-refractivity contribution in [3.05, 3.63) is 119 Å². The van der Waals surface area contributed by atoms with E-state index >= 15 is 4.39 Å². The highest BCUT2D eigenvalue weighted by molar-refractivity contribution is 7.13. The number of nitrogens with zero attached hydrogens (tertiary/aromatic N) is 10. The van der Waals surface area contributed by atoms with Crippen molar-refractivity contribution in [2.75, 3.05) is 75.3 Å². The fraction of sp³-hybridized carbons (Fsp3) is 0.410. The third-order valence-electron chi connectivity index (χ3n) is 16.9. The molecule has 82 heavy (non-hydrogen) atoms. The SMILES string of the molecule is C=CC(=O)N1CCN(c2nc(OCCN3CCC4(CC3)CN(c3cc([C@@H](C(=O)N5C[C@H](O)C[C@H]5C(=O)N[C@@H](C)c5ccc(-c6scnc6C)cc5)C(C)C)on3)C4)nc3c(F)c(-c4cc(O)cc5ccccc45)c(Cl)cc23)C[C@@H]1CC#N. The highest BCUT2D eigenvalue weighted by Crippen LogP contribution is 2.45. The fourth-order valence-corrected chi connectivity index (χ4v) is 13.5. The van der Waals surface area contributed by atoms with Crippen molar-refractivity contribution in [3.63, 3.8) is 0 Å². The number of aliphatic hydroxyl groups is 1. The number of halogens is 2. The van der Waals surface area contributed by atoms with E-state index in [2.05, 4.69) is 42.9 Å². The lowest BCUT2D eigenvalue weighted by Gasteiger charge is -2.54. The fourth-order valence-electron chi connectivity index (χ4n) is 12.4. The van der Waals surface area contributed by atoms with Crippen LogP contribution in [0.2, 0.25) is 5.02 Å². The summed E-state index contributed by atoms with van der Waals surface area (Å²) in [6.07, 6.45) is 2.44. The smallest absolute Gasteiger partial charge is 0.319 e. The Hall–Kier alpha value is -7.70. The lowest BCUT2D eigenvalue weighted by molar-refractivity contribution is -0.141. The molecular formula is C61H65ClFN11O7S. The Morgan fingerprint density at radius 3 is 2.49 bits per heavy atom. The number of phenolic OH excluding ortho intramolecular Hbond substituents is 1. The predicted octanol–water partition coefficient (Wildman–Crippen LogP) is 9.04. The van der Waals surface area contributed by atoms with Gasteiger partial charge in [0.25, 0.3) is 0 Å². The van der Waals surface area contributed by atoms with Crippen LogP contribution in [0.5, 0.6) is 11.8 Å². The average Bonchev–Trinajstić information content (AvgIpc) is 3.15. The number of hydrogen-bond donors (Lipinski definition) is 3. The number of aliphatic hydroxyl groups excluding tert-OH is 1. The number of carbonyl (C=O) groups excluding carboxylic acids is 3. The number of aromatic hydroxyl groups is 1. The number of β-amino-alcohol motifs (C(OH)–C–C–N with tert-alkyl or cyclic N) is 1. The van der Waals surface area contributed by atoms with Crippen molar-refractivity contribution in [1.29, 1.82) is 5.26 Å². The van der Waals surface area contributed by atoms with Crippen LogP contribution in [0.25, 0.3) is 43.2 Å². The number of benzene rings is 4. The first-order valence-corrected chi connectivity index (χ1v) is 29.1. The monoisotopic (exact) mass is 1150 g/mol. The Morgan fingerprint density at radius 2 is 1.77 bits per heavy atom. The minimum Gasteiger partial charge on any atom is -0.508 e. The quantitative estimate of drug-likeness (QED) is 0.0769. The number of aromatic nitrogens is 4. The maximum atomic E-state index is 17.3.